The zero-order valence-electron chi connectivity index (χ0n) is 23.9. The summed E-state index contributed by atoms with van der Waals surface area (Å²) < 4.78 is 14.6. The molecule has 7 heteroatoms. The Balaban J connectivity index is 1.28. The predicted octanol–water partition coefficient (Wildman–Crippen LogP) is 6.80. The number of hydrogen-bond donors (Lipinski definition) is 1. The van der Waals surface area contributed by atoms with Crippen LogP contribution in [0, 0.1) is 5.92 Å². The standard InChI is InChI=1S/C34H38N4O2S/c1-35-34(41)31-8-4-3-7-29(31)25-11-15-30-26(22-38(32(30)19-25)33-9-5-6-18-39-33)10-12-27-13-14-28(20-36-27)40-23-24-16-17-37(2)21-24/h3-4,7-8,10-15,19-20,22,24,33H,5-6,9,16-18,21,23H2,1-2H3,(H,35,41)/b12-10+. The maximum Gasteiger partial charge on any atom is 0.137 e. The first-order valence-electron chi connectivity index (χ1n) is 14.6. The Labute approximate surface area is 248 Å². The monoisotopic (exact) mass is 566 g/mol. The number of fused-ring (bicyclic) bond motifs is 1. The molecular weight excluding hydrogens is 528 g/mol. The highest BCUT2D eigenvalue weighted by atomic mass is 32.1. The highest BCUT2D eigenvalue weighted by Crippen LogP contribution is 2.35. The van der Waals surface area contributed by atoms with Gasteiger partial charge in [0.15, 0.2) is 0 Å². The highest BCUT2D eigenvalue weighted by Gasteiger charge is 2.21. The molecule has 2 aromatic carbocycles. The molecule has 0 amide bonds. The van der Waals surface area contributed by atoms with Gasteiger partial charge in [0, 0.05) is 48.8 Å². The second kappa shape index (κ2) is 12.6. The molecule has 4 aromatic rings. The Morgan fingerprint density at radius 2 is 2.02 bits per heavy atom. The molecule has 4 heterocycles. The molecule has 0 saturated carbocycles. The van der Waals surface area contributed by atoms with Crippen molar-refractivity contribution in [2.24, 2.45) is 5.92 Å². The number of rotatable bonds is 8. The van der Waals surface area contributed by atoms with E-state index in [0.717, 1.165) is 83.3 Å². The number of benzene rings is 2. The van der Waals surface area contributed by atoms with E-state index in [-0.39, 0.29) is 6.23 Å². The number of nitrogens with zero attached hydrogens (tertiary/aromatic N) is 3. The normalized spacial score (nSPS) is 19.7. The smallest absolute Gasteiger partial charge is 0.137 e. The molecule has 0 bridgehead atoms. The summed E-state index contributed by atoms with van der Waals surface area (Å²) in [5.74, 6) is 1.42. The molecule has 2 atom stereocenters. The van der Waals surface area contributed by atoms with Crippen LogP contribution in [0.2, 0.25) is 0 Å². The van der Waals surface area contributed by atoms with Crippen molar-refractivity contribution in [1.29, 1.82) is 0 Å². The van der Waals surface area contributed by atoms with Gasteiger partial charge in [0.25, 0.3) is 0 Å². The van der Waals surface area contributed by atoms with Gasteiger partial charge in [-0.2, -0.15) is 0 Å². The fourth-order valence-electron chi connectivity index (χ4n) is 5.95. The average molecular weight is 567 g/mol. The topological polar surface area (TPSA) is 51.5 Å². The van der Waals surface area contributed by atoms with Crippen molar-refractivity contribution in [2.75, 3.05) is 40.4 Å². The van der Waals surface area contributed by atoms with Crippen molar-refractivity contribution < 1.29 is 9.47 Å². The van der Waals surface area contributed by atoms with Crippen molar-refractivity contribution in [1.82, 2.24) is 19.8 Å². The van der Waals surface area contributed by atoms with Crippen molar-refractivity contribution >= 4 is 40.3 Å². The van der Waals surface area contributed by atoms with Gasteiger partial charge in [-0.15, -0.1) is 0 Å². The SMILES string of the molecule is CNC(=S)c1ccccc1-c1ccc2c(/C=C/c3ccc(OCC4CCN(C)C4)cn3)cn(C3CCCCO3)c2c1. The van der Waals surface area contributed by atoms with Gasteiger partial charge in [-0.25, -0.2) is 0 Å². The average Bonchev–Trinajstić information content (AvgIpc) is 3.62. The molecule has 6 nitrogen and oxygen atoms in total. The van der Waals surface area contributed by atoms with Gasteiger partial charge in [0.1, 0.15) is 17.0 Å². The van der Waals surface area contributed by atoms with Crippen LogP contribution in [0.4, 0.5) is 0 Å². The Bertz CT molecular complexity index is 1540. The van der Waals surface area contributed by atoms with Gasteiger partial charge in [0.05, 0.1) is 24.0 Å². The van der Waals surface area contributed by atoms with Crippen molar-refractivity contribution in [3.05, 3.63) is 83.8 Å². The number of aromatic nitrogens is 2. The lowest BCUT2D eigenvalue weighted by atomic mass is 9.98. The second-order valence-corrected chi connectivity index (χ2v) is 11.6. The second-order valence-electron chi connectivity index (χ2n) is 11.1. The van der Waals surface area contributed by atoms with Crippen LogP contribution < -0.4 is 10.1 Å². The Hall–Kier alpha value is -3.52. The lowest BCUT2D eigenvalue weighted by Crippen LogP contribution is -2.17. The summed E-state index contributed by atoms with van der Waals surface area (Å²) in [5.41, 5.74) is 6.50. The van der Waals surface area contributed by atoms with Gasteiger partial charge >= 0.3 is 0 Å². The molecule has 6 rings (SSSR count). The minimum absolute atomic E-state index is 0.0338. The number of pyridine rings is 1. The highest BCUT2D eigenvalue weighted by molar-refractivity contribution is 7.80. The third-order valence-corrected chi connectivity index (χ3v) is 8.63. The molecule has 0 spiro atoms. The Morgan fingerprint density at radius 1 is 1.12 bits per heavy atom. The van der Waals surface area contributed by atoms with Gasteiger partial charge < -0.3 is 24.3 Å². The number of nitrogens with one attached hydrogen (secondary N) is 1. The minimum Gasteiger partial charge on any atom is -0.492 e. The van der Waals surface area contributed by atoms with Gasteiger partial charge in [-0.1, -0.05) is 54.7 Å². The van der Waals surface area contributed by atoms with Crippen LogP contribution in [-0.2, 0) is 4.74 Å². The van der Waals surface area contributed by atoms with Gasteiger partial charge in [-0.05, 0) is 74.7 Å². The molecule has 212 valence electrons. The first-order chi connectivity index (χ1) is 20.1. The number of likely N-dealkylation sites (tertiary alicyclic amines) is 1. The fraction of sp³-hybridized carbons (Fsp3) is 0.353. The zero-order valence-corrected chi connectivity index (χ0v) is 24.7. The van der Waals surface area contributed by atoms with Crippen molar-refractivity contribution in [3.8, 4) is 16.9 Å². The molecule has 41 heavy (non-hydrogen) atoms. The van der Waals surface area contributed by atoms with Crippen LogP contribution in [0.3, 0.4) is 0 Å². The summed E-state index contributed by atoms with van der Waals surface area (Å²) in [7, 11) is 4.04. The van der Waals surface area contributed by atoms with Crippen molar-refractivity contribution in [2.45, 2.75) is 31.9 Å². The van der Waals surface area contributed by atoms with Gasteiger partial charge in [0.2, 0.25) is 0 Å². The molecule has 2 unspecified atom stereocenters. The van der Waals surface area contributed by atoms with Crippen LogP contribution in [0.5, 0.6) is 5.75 Å². The Kier molecular flexibility index (Phi) is 8.46. The van der Waals surface area contributed by atoms with E-state index < -0.39 is 0 Å². The summed E-state index contributed by atoms with van der Waals surface area (Å²) in [6.45, 7) is 3.80. The Morgan fingerprint density at radius 3 is 2.78 bits per heavy atom. The van der Waals surface area contributed by atoms with Gasteiger partial charge in [-0.3, -0.25) is 4.98 Å². The first kappa shape index (κ1) is 27.6. The summed E-state index contributed by atoms with van der Waals surface area (Å²) in [6.07, 6.45) is 12.8. The first-order valence-corrected chi connectivity index (χ1v) is 15.0. The summed E-state index contributed by atoms with van der Waals surface area (Å²) in [6, 6.07) is 19.0. The minimum atomic E-state index is 0.0338. The van der Waals surface area contributed by atoms with Crippen LogP contribution in [-0.4, -0.2) is 59.8 Å². The largest absolute Gasteiger partial charge is 0.492 e. The molecule has 0 radical (unpaired) electrons. The molecular formula is C34H38N4O2S. The summed E-state index contributed by atoms with van der Waals surface area (Å²) >= 11 is 5.61. The maximum absolute atomic E-state index is 6.23. The van der Waals surface area contributed by atoms with E-state index in [1.165, 1.54) is 18.2 Å². The maximum atomic E-state index is 6.23. The molecule has 2 aliphatic heterocycles. The van der Waals surface area contributed by atoms with Crippen LogP contribution >= 0.6 is 12.2 Å². The number of thiocarbonyl (C=S) groups is 1. The third kappa shape index (κ3) is 6.22. The van der Waals surface area contributed by atoms with E-state index in [1.807, 2.05) is 31.4 Å². The van der Waals surface area contributed by atoms with E-state index >= 15 is 0 Å². The van der Waals surface area contributed by atoms with Crippen LogP contribution in [0.25, 0.3) is 34.2 Å². The number of hydrogen-bond acceptors (Lipinski definition) is 5. The predicted molar refractivity (Wildman–Crippen MR) is 171 cm³/mol. The lowest BCUT2D eigenvalue weighted by molar-refractivity contribution is -0.0292. The van der Waals surface area contributed by atoms with E-state index in [9.17, 15) is 0 Å². The van der Waals surface area contributed by atoms with E-state index in [4.69, 9.17) is 21.7 Å². The third-order valence-electron chi connectivity index (χ3n) is 8.21. The molecule has 2 saturated heterocycles. The van der Waals surface area contributed by atoms with E-state index in [1.54, 1.807) is 0 Å². The molecule has 2 aliphatic rings. The lowest BCUT2D eigenvalue weighted by Gasteiger charge is -2.25. The van der Waals surface area contributed by atoms with Crippen molar-refractivity contribution in [3.63, 3.8) is 0 Å². The quantitative estimate of drug-likeness (QED) is 0.237. The molecule has 2 fully saturated rings. The fourth-order valence-corrected chi connectivity index (χ4v) is 6.13. The van der Waals surface area contributed by atoms with Crippen LogP contribution in [0.15, 0.2) is 67.0 Å². The summed E-state index contributed by atoms with van der Waals surface area (Å²) in [4.78, 5) is 7.75. The number of ether oxygens (including phenoxy) is 2. The zero-order chi connectivity index (χ0) is 28.2. The molecule has 1 N–H and O–H groups in total. The van der Waals surface area contributed by atoms with E-state index in [0.29, 0.717) is 5.92 Å². The van der Waals surface area contributed by atoms with Crippen LogP contribution in [0.1, 0.15) is 48.7 Å². The molecule has 0 aliphatic carbocycles. The molecule has 2 aromatic heterocycles. The summed E-state index contributed by atoms with van der Waals surface area (Å²) in [5, 5.41) is 4.32. The van der Waals surface area contributed by atoms with E-state index in [2.05, 4.69) is 81.6 Å².